The number of thiophene rings is 1. The van der Waals surface area contributed by atoms with Gasteiger partial charge in [-0.15, -0.1) is 17.9 Å². The molecule has 3 aromatic rings. The Balaban J connectivity index is 0.000000242. The molecule has 8 nitrogen and oxygen atoms in total. The number of carboxylic acids is 2. The van der Waals surface area contributed by atoms with E-state index >= 15 is 0 Å². The van der Waals surface area contributed by atoms with Gasteiger partial charge in [0.25, 0.3) is 0 Å². The van der Waals surface area contributed by atoms with Gasteiger partial charge >= 0.3 is 11.9 Å². The van der Waals surface area contributed by atoms with Crippen LogP contribution in [-0.4, -0.2) is 43.6 Å². The van der Waals surface area contributed by atoms with Crippen LogP contribution >= 0.6 is 11.3 Å². The molecule has 3 aromatic heterocycles. The molecule has 25 heavy (non-hydrogen) atoms. The lowest BCUT2D eigenvalue weighted by Gasteiger charge is -2.03. The topological polar surface area (TPSA) is 125 Å². The third kappa shape index (κ3) is 4.82. The van der Waals surface area contributed by atoms with E-state index in [9.17, 15) is 9.59 Å². The first-order valence-corrected chi connectivity index (χ1v) is 7.80. The Labute approximate surface area is 146 Å². The van der Waals surface area contributed by atoms with Crippen molar-refractivity contribution in [1.82, 2.24) is 15.0 Å². The minimum Gasteiger partial charge on any atom is -0.478 e. The number of fused-ring (bicyclic) bond motifs is 3. The first-order chi connectivity index (χ1) is 12.0. The molecule has 0 unspecified atom stereocenters. The number of carbonyl (C=O) groups is 2. The van der Waals surface area contributed by atoms with E-state index in [2.05, 4.69) is 26.8 Å². The van der Waals surface area contributed by atoms with Crippen LogP contribution < -0.4 is 5.32 Å². The maximum atomic E-state index is 9.55. The summed E-state index contributed by atoms with van der Waals surface area (Å²) in [6.45, 7) is 4.38. The molecular formula is C16H14N4O4S. The predicted molar refractivity (Wildman–Crippen MR) is 95.8 cm³/mol. The molecule has 0 atom stereocenters. The van der Waals surface area contributed by atoms with Gasteiger partial charge in [0.2, 0.25) is 0 Å². The van der Waals surface area contributed by atoms with Gasteiger partial charge in [-0.3, -0.25) is 4.98 Å². The monoisotopic (exact) mass is 358 g/mol. The molecule has 0 saturated heterocycles. The quantitative estimate of drug-likeness (QED) is 0.469. The van der Waals surface area contributed by atoms with Crippen LogP contribution in [0.25, 0.3) is 20.3 Å². The average Bonchev–Trinajstić information content (AvgIpc) is 2.98. The fourth-order valence-corrected chi connectivity index (χ4v) is 2.92. The number of aromatic nitrogens is 3. The zero-order valence-corrected chi connectivity index (χ0v) is 13.7. The number of nitrogens with zero attached hydrogens (tertiary/aromatic N) is 3. The van der Waals surface area contributed by atoms with Crippen LogP contribution in [0.3, 0.4) is 0 Å². The van der Waals surface area contributed by atoms with E-state index in [-0.39, 0.29) is 0 Å². The molecule has 0 radical (unpaired) electrons. The fourth-order valence-electron chi connectivity index (χ4n) is 1.91. The summed E-state index contributed by atoms with van der Waals surface area (Å²) >= 11 is 1.63. The number of carboxylic acid groups (broad SMARTS) is 2. The summed E-state index contributed by atoms with van der Waals surface area (Å²) in [4.78, 5) is 32.8. The van der Waals surface area contributed by atoms with Crippen LogP contribution in [-0.2, 0) is 9.59 Å². The van der Waals surface area contributed by atoms with E-state index in [1.54, 1.807) is 23.9 Å². The molecule has 128 valence electrons. The third-order valence-corrected chi connectivity index (χ3v) is 3.90. The SMILES string of the molecule is C=CCNc1ncnc2sc3cnccc3c12.O=C(O)/C=C\C(=O)O. The first kappa shape index (κ1) is 18.0. The smallest absolute Gasteiger partial charge is 0.328 e. The van der Waals surface area contributed by atoms with Crippen LogP contribution in [0.1, 0.15) is 0 Å². The summed E-state index contributed by atoms with van der Waals surface area (Å²) in [6, 6.07) is 2.00. The van der Waals surface area contributed by atoms with Crippen molar-refractivity contribution in [2.75, 3.05) is 11.9 Å². The van der Waals surface area contributed by atoms with E-state index in [0.717, 1.165) is 26.1 Å². The van der Waals surface area contributed by atoms with Crippen molar-refractivity contribution in [2.24, 2.45) is 0 Å². The summed E-state index contributed by atoms with van der Waals surface area (Å²) in [5.74, 6) is -1.66. The molecule has 0 aliphatic heterocycles. The lowest BCUT2D eigenvalue weighted by Crippen LogP contribution is -2.00. The molecule has 0 aliphatic carbocycles. The molecule has 3 N–H and O–H groups in total. The van der Waals surface area contributed by atoms with Crippen LogP contribution in [0.5, 0.6) is 0 Å². The number of rotatable bonds is 5. The van der Waals surface area contributed by atoms with Gasteiger partial charge in [0.1, 0.15) is 17.0 Å². The van der Waals surface area contributed by atoms with E-state index in [1.807, 2.05) is 18.3 Å². The Bertz CT molecular complexity index is 936. The highest BCUT2D eigenvalue weighted by molar-refractivity contribution is 7.25. The van der Waals surface area contributed by atoms with Crippen molar-refractivity contribution < 1.29 is 19.8 Å². The average molecular weight is 358 g/mol. The van der Waals surface area contributed by atoms with Crippen molar-refractivity contribution >= 4 is 49.4 Å². The molecule has 0 spiro atoms. The van der Waals surface area contributed by atoms with Crippen LogP contribution in [0.15, 0.2) is 49.6 Å². The number of hydrogen-bond donors (Lipinski definition) is 3. The third-order valence-electron chi connectivity index (χ3n) is 2.86. The molecule has 9 heteroatoms. The van der Waals surface area contributed by atoms with Gasteiger partial charge in [0, 0.05) is 36.5 Å². The summed E-state index contributed by atoms with van der Waals surface area (Å²) in [5.41, 5.74) is 0. The van der Waals surface area contributed by atoms with Crippen LogP contribution in [0, 0.1) is 0 Å². The van der Waals surface area contributed by atoms with Crippen molar-refractivity contribution in [1.29, 1.82) is 0 Å². The van der Waals surface area contributed by atoms with Gasteiger partial charge in [0.05, 0.1) is 10.1 Å². The molecule has 0 fully saturated rings. The zero-order chi connectivity index (χ0) is 18.2. The number of pyridine rings is 1. The maximum Gasteiger partial charge on any atom is 0.328 e. The fraction of sp³-hybridized carbons (Fsp3) is 0.0625. The van der Waals surface area contributed by atoms with E-state index in [1.165, 1.54) is 0 Å². The standard InChI is InChI=1S/C12H10N4S.C4H4O4/c1-2-4-14-11-10-8-3-5-13-6-9(8)17-12(10)16-7-15-11;5-3(6)1-2-4(7)8/h2-3,5-7H,1,4H2,(H,14,15,16);1-2H,(H,5,6)(H,7,8)/b;2-1-. The molecule has 3 heterocycles. The van der Waals surface area contributed by atoms with E-state index < -0.39 is 11.9 Å². The number of nitrogens with one attached hydrogen (secondary N) is 1. The Morgan fingerprint density at radius 2 is 1.96 bits per heavy atom. The summed E-state index contributed by atoms with van der Waals surface area (Å²) in [5, 5.41) is 21.1. The zero-order valence-electron chi connectivity index (χ0n) is 12.9. The first-order valence-electron chi connectivity index (χ1n) is 6.99. The lowest BCUT2D eigenvalue weighted by atomic mass is 10.2. The van der Waals surface area contributed by atoms with Crippen molar-refractivity contribution in [3.63, 3.8) is 0 Å². The van der Waals surface area contributed by atoms with E-state index in [0.29, 0.717) is 18.7 Å². The van der Waals surface area contributed by atoms with Gasteiger partial charge in [-0.1, -0.05) is 6.08 Å². The largest absolute Gasteiger partial charge is 0.478 e. The highest BCUT2D eigenvalue weighted by atomic mass is 32.1. The second kappa shape index (κ2) is 8.50. The Morgan fingerprint density at radius 3 is 2.60 bits per heavy atom. The van der Waals surface area contributed by atoms with Crippen LogP contribution in [0.4, 0.5) is 5.82 Å². The molecular weight excluding hydrogens is 344 g/mol. The number of hydrogen-bond acceptors (Lipinski definition) is 7. The van der Waals surface area contributed by atoms with Crippen LogP contribution in [0.2, 0.25) is 0 Å². The van der Waals surface area contributed by atoms with Crippen molar-refractivity contribution in [2.45, 2.75) is 0 Å². The highest BCUT2D eigenvalue weighted by Crippen LogP contribution is 2.34. The minimum atomic E-state index is -1.26. The Hall–Kier alpha value is -3.33. The second-order valence-corrected chi connectivity index (χ2v) is 5.59. The molecule has 0 aromatic carbocycles. The molecule has 0 aliphatic rings. The highest BCUT2D eigenvalue weighted by Gasteiger charge is 2.10. The predicted octanol–water partition coefficient (Wildman–Crippen LogP) is 2.55. The number of anilines is 1. The molecule has 0 bridgehead atoms. The molecule has 0 amide bonds. The van der Waals surface area contributed by atoms with Crippen molar-refractivity contribution in [3.8, 4) is 0 Å². The van der Waals surface area contributed by atoms with Gasteiger partial charge in [-0.25, -0.2) is 19.6 Å². The normalized spacial score (nSPS) is 10.4. The minimum absolute atomic E-state index is 0.558. The van der Waals surface area contributed by atoms with Crippen molar-refractivity contribution in [3.05, 3.63) is 49.6 Å². The van der Waals surface area contributed by atoms with E-state index in [4.69, 9.17) is 10.2 Å². The Kier molecular flexibility index (Phi) is 6.13. The maximum absolute atomic E-state index is 9.55. The second-order valence-electron chi connectivity index (χ2n) is 4.56. The summed E-state index contributed by atoms with van der Waals surface area (Å²) in [6.07, 6.45) is 8.16. The number of aliphatic carboxylic acids is 2. The lowest BCUT2D eigenvalue weighted by molar-refractivity contribution is -0.134. The Morgan fingerprint density at radius 1 is 1.24 bits per heavy atom. The van der Waals surface area contributed by atoms with Gasteiger partial charge in [-0.2, -0.15) is 0 Å². The summed E-state index contributed by atoms with van der Waals surface area (Å²) < 4.78 is 1.13. The summed E-state index contributed by atoms with van der Waals surface area (Å²) in [7, 11) is 0. The molecule has 3 rings (SSSR count). The van der Waals surface area contributed by atoms with Gasteiger partial charge in [0.15, 0.2) is 0 Å². The van der Waals surface area contributed by atoms with Gasteiger partial charge < -0.3 is 15.5 Å². The van der Waals surface area contributed by atoms with Gasteiger partial charge in [-0.05, 0) is 6.07 Å². The molecule has 0 saturated carbocycles.